The van der Waals surface area contributed by atoms with Crippen LogP contribution in [0.1, 0.15) is 40.5 Å². The molecule has 100 valence electrons. The summed E-state index contributed by atoms with van der Waals surface area (Å²) in [5.74, 6) is 0. The van der Waals surface area contributed by atoms with Crippen molar-refractivity contribution in [3.05, 3.63) is 12.2 Å². The highest BCUT2D eigenvalue weighted by molar-refractivity contribution is 5.21. The van der Waals surface area contributed by atoms with Gasteiger partial charge < -0.3 is 20.4 Å². The Balaban J connectivity index is 3.15. The molecule has 4 N–H and O–H groups in total. The fourth-order valence-corrected chi connectivity index (χ4v) is 2.84. The average molecular weight is 244 g/mol. The fraction of sp³-hybridized carbons (Fsp3) is 0.846. The number of aliphatic hydroxyl groups is 4. The maximum atomic E-state index is 10.7. The van der Waals surface area contributed by atoms with Crippen LogP contribution in [0.5, 0.6) is 0 Å². The van der Waals surface area contributed by atoms with Crippen molar-refractivity contribution < 1.29 is 20.4 Å². The standard InChI is InChI=1S/C13H24O4/c1-9(14)5-6-13(17)11(2,3)7-10(15)8-12(13,4)16/h5-6,9-10,14-17H,7-8H2,1-4H3/b6-5+/t9?,10-,12+,13+/m0/s1. The lowest BCUT2D eigenvalue weighted by Gasteiger charge is -2.54. The molecule has 1 fully saturated rings. The van der Waals surface area contributed by atoms with Gasteiger partial charge in [0.2, 0.25) is 0 Å². The van der Waals surface area contributed by atoms with E-state index in [0.29, 0.717) is 6.42 Å². The van der Waals surface area contributed by atoms with E-state index < -0.39 is 28.8 Å². The molecule has 1 aliphatic carbocycles. The highest BCUT2D eigenvalue weighted by Gasteiger charge is 2.58. The van der Waals surface area contributed by atoms with Crippen molar-refractivity contribution >= 4 is 0 Å². The first-order valence-corrected chi connectivity index (χ1v) is 6.02. The van der Waals surface area contributed by atoms with Gasteiger partial charge in [-0.25, -0.2) is 0 Å². The van der Waals surface area contributed by atoms with Crippen LogP contribution in [0, 0.1) is 5.41 Å². The molecule has 1 aliphatic rings. The number of rotatable bonds is 2. The summed E-state index contributed by atoms with van der Waals surface area (Å²) in [6.45, 7) is 6.70. The average Bonchev–Trinajstić information content (AvgIpc) is 2.09. The number of hydrogen-bond acceptors (Lipinski definition) is 4. The number of aliphatic hydroxyl groups excluding tert-OH is 2. The van der Waals surface area contributed by atoms with Crippen LogP contribution in [0.2, 0.25) is 0 Å². The van der Waals surface area contributed by atoms with E-state index in [1.54, 1.807) is 20.8 Å². The lowest BCUT2D eigenvalue weighted by molar-refractivity contribution is -0.217. The molecule has 4 nitrogen and oxygen atoms in total. The van der Waals surface area contributed by atoms with Crippen molar-refractivity contribution in [3.8, 4) is 0 Å². The molecule has 17 heavy (non-hydrogen) atoms. The van der Waals surface area contributed by atoms with Crippen LogP contribution in [0.25, 0.3) is 0 Å². The van der Waals surface area contributed by atoms with Gasteiger partial charge in [0.15, 0.2) is 0 Å². The molecule has 4 atom stereocenters. The SMILES string of the molecule is CC(O)/C=C/[C@@]1(O)C(C)(C)C[C@H](O)C[C@@]1(C)O. The lowest BCUT2D eigenvalue weighted by Crippen LogP contribution is -2.65. The highest BCUT2D eigenvalue weighted by Crippen LogP contribution is 2.50. The third-order valence-electron chi connectivity index (χ3n) is 3.85. The van der Waals surface area contributed by atoms with E-state index in [2.05, 4.69) is 0 Å². The summed E-state index contributed by atoms with van der Waals surface area (Å²) < 4.78 is 0. The molecule has 1 saturated carbocycles. The van der Waals surface area contributed by atoms with Crippen molar-refractivity contribution in [1.82, 2.24) is 0 Å². The Morgan fingerprint density at radius 3 is 2.12 bits per heavy atom. The first-order chi connectivity index (χ1) is 7.52. The van der Waals surface area contributed by atoms with Crippen LogP contribution >= 0.6 is 0 Å². The third-order valence-corrected chi connectivity index (χ3v) is 3.85. The molecular weight excluding hydrogens is 220 g/mol. The van der Waals surface area contributed by atoms with Gasteiger partial charge >= 0.3 is 0 Å². The topological polar surface area (TPSA) is 80.9 Å². The van der Waals surface area contributed by atoms with Crippen molar-refractivity contribution in [2.45, 2.75) is 63.9 Å². The molecule has 0 saturated heterocycles. The van der Waals surface area contributed by atoms with Crippen molar-refractivity contribution in [1.29, 1.82) is 0 Å². The Kier molecular flexibility index (Phi) is 3.75. The molecule has 4 heteroatoms. The summed E-state index contributed by atoms with van der Waals surface area (Å²) >= 11 is 0. The Morgan fingerprint density at radius 2 is 1.71 bits per heavy atom. The van der Waals surface area contributed by atoms with Gasteiger partial charge in [-0.3, -0.25) is 0 Å². The summed E-state index contributed by atoms with van der Waals surface area (Å²) in [4.78, 5) is 0. The van der Waals surface area contributed by atoms with Crippen LogP contribution in [0.4, 0.5) is 0 Å². The van der Waals surface area contributed by atoms with Gasteiger partial charge in [-0.05, 0) is 20.3 Å². The first-order valence-electron chi connectivity index (χ1n) is 6.02. The van der Waals surface area contributed by atoms with Gasteiger partial charge in [0.05, 0.1) is 17.8 Å². The second-order valence-electron chi connectivity index (χ2n) is 6.09. The van der Waals surface area contributed by atoms with E-state index in [0.717, 1.165) is 0 Å². The zero-order chi connectivity index (χ0) is 13.5. The summed E-state index contributed by atoms with van der Waals surface area (Å²) in [6.07, 6.45) is 2.15. The quantitative estimate of drug-likeness (QED) is 0.536. The van der Waals surface area contributed by atoms with Crippen LogP contribution in [0.15, 0.2) is 12.2 Å². The smallest absolute Gasteiger partial charge is 0.116 e. The normalized spacial score (nSPS) is 43.9. The molecule has 0 amide bonds. The molecule has 0 aromatic heterocycles. The molecular formula is C13H24O4. The van der Waals surface area contributed by atoms with Crippen LogP contribution < -0.4 is 0 Å². The number of hydrogen-bond donors (Lipinski definition) is 4. The highest BCUT2D eigenvalue weighted by atomic mass is 16.4. The van der Waals surface area contributed by atoms with Gasteiger partial charge in [-0.15, -0.1) is 0 Å². The third kappa shape index (κ3) is 2.55. The van der Waals surface area contributed by atoms with E-state index >= 15 is 0 Å². The summed E-state index contributed by atoms with van der Waals surface area (Å²) in [5.41, 5.74) is -3.55. The van der Waals surface area contributed by atoms with Gasteiger partial charge in [0, 0.05) is 11.8 Å². The van der Waals surface area contributed by atoms with E-state index in [9.17, 15) is 20.4 Å². The Hall–Kier alpha value is -0.420. The molecule has 0 heterocycles. The van der Waals surface area contributed by atoms with Crippen LogP contribution in [-0.4, -0.2) is 43.8 Å². The van der Waals surface area contributed by atoms with Gasteiger partial charge in [0.25, 0.3) is 0 Å². The minimum Gasteiger partial charge on any atom is -0.393 e. The van der Waals surface area contributed by atoms with E-state index in [-0.39, 0.29) is 6.42 Å². The van der Waals surface area contributed by atoms with Crippen molar-refractivity contribution in [2.24, 2.45) is 5.41 Å². The van der Waals surface area contributed by atoms with Crippen LogP contribution in [0.3, 0.4) is 0 Å². The Bertz CT molecular complexity index is 287. The molecule has 0 aliphatic heterocycles. The summed E-state index contributed by atoms with van der Waals surface area (Å²) in [6, 6.07) is 0. The minimum absolute atomic E-state index is 0.122. The fourth-order valence-electron chi connectivity index (χ4n) is 2.84. The Labute approximate surface area is 103 Å². The second kappa shape index (κ2) is 4.35. The molecule has 0 aromatic carbocycles. The van der Waals surface area contributed by atoms with Crippen LogP contribution in [-0.2, 0) is 0 Å². The van der Waals surface area contributed by atoms with E-state index in [4.69, 9.17) is 0 Å². The lowest BCUT2D eigenvalue weighted by atomic mass is 9.57. The minimum atomic E-state index is -1.46. The summed E-state index contributed by atoms with van der Waals surface area (Å²) in [5, 5.41) is 40.1. The molecule has 0 bridgehead atoms. The molecule has 0 radical (unpaired) electrons. The zero-order valence-electron chi connectivity index (χ0n) is 11.0. The van der Waals surface area contributed by atoms with Gasteiger partial charge in [0.1, 0.15) is 5.60 Å². The largest absolute Gasteiger partial charge is 0.393 e. The van der Waals surface area contributed by atoms with Crippen molar-refractivity contribution in [3.63, 3.8) is 0 Å². The molecule has 1 unspecified atom stereocenters. The van der Waals surface area contributed by atoms with E-state index in [1.807, 2.05) is 0 Å². The molecule has 0 spiro atoms. The zero-order valence-corrected chi connectivity index (χ0v) is 11.0. The van der Waals surface area contributed by atoms with Crippen molar-refractivity contribution in [2.75, 3.05) is 0 Å². The second-order valence-corrected chi connectivity index (χ2v) is 6.09. The maximum absolute atomic E-state index is 10.7. The maximum Gasteiger partial charge on any atom is 0.116 e. The summed E-state index contributed by atoms with van der Waals surface area (Å²) in [7, 11) is 0. The molecule has 1 rings (SSSR count). The van der Waals surface area contributed by atoms with E-state index in [1.165, 1.54) is 19.1 Å². The Morgan fingerprint density at radius 1 is 1.18 bits per heavy atom. The first kappa shape index (κ1) is 14.6. The monoisotopic (exact) mass is 244 g/mol. The predicted octanol–water partition coefficient (Wildman–Crippen LogP) is 0.586. The van der Waals surface area contributed by atoms with Gasteiger partial charge in [-0.1, -0.05) is 26.0 Å². The molecule has 0 aromatic rings. The van der Waals surface area contributed by atoms with Gasteiger partial charge in [-0.2, -0.15) is 0 Å². The predicted molar refractivity (Wildman–Crippen MR) is 65.4 cm³/mol.